The first-order valence-corrected chi connectivity index (χ1v) is 10.9. The maximum absolute atomic E-state index is 13.4. The van der Waals surface area contributed by atoms with E-state index in [9.17, 15) is 4.79 Å². The SMILES string of the molecule is Cn1cc(-c2ccc3[nH]nc(C(=O)NC45CCC6CC(CC(C6)C4)C5)c3c2)cn1. The van der Waals surface area contributed by atoms with Crippen molar-refractivity contribution in [1.29, 1.82) is 0 Å². The summed E-state index contributed by atoms with van der Waals surface area (Å²) in [4.78, 5) is 13.4. The van der Waals surface area contributed by atoms with E-state index in [-0.39, 0.29) is 11.4 Å². The summed E-state index contributed by atoms with van der Waals surface area (Å²) in [5.74, 6) is 2.44. The van der Waals surface area contributed by atoms with Gasteiger partial charge >= 0.3 is 0 Å². The van der Waals surface area contributed by atoms with Gasteiger partial charge < -0.3 is 5.32 Å². The van der Waals surface area contributed by atoms with Crippen LogP contribution in [0, 0.1) is 17.8 Å². The van der Waals surface area contributed by atoms with Gasteiger partial charge in [-0.2, -0.15) is 10.2 Å². The Labute approximate surface area is 170 Å². The Morgan fingerprint density at radius 2 is 1.97 bits per heavy atom. The fourth-order valence-corrected chi connectivity index (χ4v) is 6.55. The number of rotatable bonds is 3. The minimum Gasteiger partial charge on any atom is -0.345 e. The highest BCUT2D eigenvalue weighted by Gasteiger charge is 2.48. The molecule has 4 aliphatic rings. The summed E-state index contributed by atoms with van der Waals surface area (Å²) in [5, 5.41) is 16.1. The van der Waals surface area contributed by atoms with Crippen LogP contribution >= 0.6 is 0 Å². The van der Waals surface area contributed by atoms with Crippen molar-refractivity contribution < 1.29 is 4.79 Å². The van der Waals surface area contributed by atoms with E-state index in [0.717, 1.165) is 59.0 Å². The average Bonchev–Trinajstić information content (AvgIpc) is 3.26. The Balaban J connectivity index is 1.32. The van der Waals surface area contributed by atoms with Gasteiger partial charge in [0.25, 0.3) is 5.91 Å². The largest absolute Gasteiger partial charge is 0.345 e. The molecule has 2 aromatic heterocycles. The van der Waals surface area contributed by atoms with E-state index >= 15 is 0 Å². The molecule has 0 spiro atoms. The molecule has 6 nitrogen and oxygen atoms in total. The van der Waals surface area contributed by atoms with Crippen molar-refractivity contribution in [3.8, 4) is 11.1 Å². The fraction of sp³-hybridized carbons (Fsp3) is 0.522. The van der Waals surface area contributed by atoms with E-state index in [1.807, 2.05) is 31.6 Å². The van der Waals surface area contributed by atoms with E-state index < -0.39 is 0 Å². The molecule has 1 aromatic carbocycles. The molecule has 0 radical (unpaired) electrons. The number of nitrogens with zero attached hydrogens (tertiary/aromatic N) is 3. The van der Waals surface area contributed by atoms with Gasteiger partial charge in [-0.05, 0) is 80.4 Å². The van der Waals surface area contributed by atoms with E-state index in [2.05, 4.69) is 26.7 Å². The van der Waals surface area contributed by atoms with Gasteiger partial charge in [-0.25, -0.2) is 0 Å². The van der Waals surface area contributed by atoms with Gasteiger partial charge in [-0.15, -0.1) is 0 Å². The molecule has 29 heavy (non-hydrogen) atoms. The van der Waals surface area contributed by atoms with Gasteiger partial charge in [0.1, 0.15) is 0 Å². The molecule has 4 saturated carbocycles. The molecule has 2 unspecified atom stereocenters. The number of hydrogen-bond donors (Lipinski definition) is 2. The Hall–Kier alpha value is -2.63. The van der Waals surface area contributed by atoms with Crippen molar-refractivity contribution in [3.05, 3.63) is 36.3 Å². The molecule has 4 fully saturated rings. The second-order valence-corrected chi connectivity index (χ2v) is 9.72. The summed E-state index contributed by atoms with van der Waals surface area (Å²) in [5.41, 5.74) is 3.47. The first-order valence-electron chi connectivity index (χ1n) is 10.9. The number of amides is 1. The zero-order valence-corrected chi connectivity index (χ0v) is 16.8. The highest BCUT2D eigenvalue weighted by atomic mass is 16.2. The van der Waals surface area contributed by atoms with Gasteiger partial charge in [0, 0.05) is 29.7 Å². The summed E-state index contributed by atoms with van der Waals surface area (Å²) in [7, 11) is 1.91. The van der Waals surface area contributed by atoms with Crippen LogP contribution in [0.5, 0.6) is 0 Å². The minimum absolute atomic E-state index is 0.0256. The highest BCUT2D eigenvalue weighted by Crippen LogP contribution is 2.53. The monoisotopic (exact) mass is 389 g/mol. The number of H-pyrrole nitrogens is 1. The molecule has 4 bridgehead atoms. The zero-order chi connectivity index (χ0) is 19.6. The predicted octanol–water partition coefficient (Wildman–Crippen LogP) is 4.05. The summed E-state index contributed by atoms with van der Waals surface area (Å²) in [6, 6.07) is 6.09. The molecule has 3 aromatic rings. The first kappa shape index (κ1) is 17.2. The van der Waals surface area contributed by atoms with Gasteiger partial charge in [0.15, 0.2) is 5.69 Å². The van der Waals surface area contributed by atoms with Crippen LogP contribution in [-0.4, -0.2) is 31.4 Å². The standard InChI is InChI=1S/C23H27N5O/c1-28-13-18(12-24-28)17-2-3-20-19(9-17)21(27-26-20)22(29)25-23-5-4-14-6-15(10-23)8-16(7-14)11-23/h2-3,9,12-16H,4-8,10-11H2,1H3,(H,25,29)(H,26,27). The first-order chi connectivity index (χ1) is 14.1. The van der Waals surface area contributed by atoms with Crippen LogP contribution in [-0.2, 0) is 7.05 Å². The number of benzene rings is 1. The molecule has 2 atom stereocenters. The summed E-state index contributed by atoms with van der Waals surface area (Å²) in [6.07, 6.45) is 12.6. The molecule has 150 valence electrons. The quantitative estimate of drug-likeness (QED) is 0.709. The number of carbonyl (C=O) groups excluding carboxylic acids is 1. The molecular formula is C23H27N5O. The molecular weight excluding hydrogens is 362 g/mol. The average molecular weight is 390 g/mol. The summed E-state index contributed by atoms with van der Waals surface area (Å²) in [6.45, 7) is 0. The number of carbonyl (C=O) groups is 1. The highest BCUT2D eigenvalue weighted by molar-refractivity contribution is 6.05. The Morgan fingerprint density at radius 1 is 1.17 bits per heavy atom. The summed E-state index contributed by atoms with van der Waals surface area (Å²) < 4.78 is 1.79. The minimum atomic E-state index is -0.0284. The molecule has 2 N–H and O–H groups in total. The molecule has 4 aliphatic carbocycles. The molecule has 0 aliphatic heterocycles. The predicted molar refractivity (Wildman–Crippen MR) is 111 cm³/mol. The number of aromatic nitrogens is 4. The van der Waals surface area contributed by atoms with E-state index in [0.29, 0.717) is 5.69 Å². The topological polar surface area (TPSA) is 75.6 Å². The fourth-order valence-electron chi connectivity index (χ4n) is 6.55. The summed E-state index contributed by atoms with van der Waals surface area (Å²) >= 11 is 0. The lowest BCUT2D eigenvalue weighted by Gasteiger charge is -2.45. The van der Waals surface area contributed by atoms with Crippen LogP contribution < -0.4 is 5.32 Å². The maximum atomic E-state index is 13.4. The number of aromatic amines is 1. The van der Waals surface area contributed by atoms with Gasteiger partial charge in [-0.1, -0.05) is 6.07 Å². The van der Waals surface area contributed by atoms with Crippen molar-refractivity contribution >= 4 is 16.8 Å². The zero-order valence-electron chi connectivity index (χ0n) is 16.8. The van der Waals surface area contributed by atoms with Crippen molar-refractivity contribution in [2.45, 2.75) is 50.5 Å². The van der Waals surface area contributed by atoms with Crippen LogP contribution in [0.15, 0.2) is 30.6 Å². The maximum Gasteiger partial charge on any atom is 0.272 e. The van der Waals surface area contributed by atoms with E-state index in [1.54, 1.807) is 4.68 Å². The number of hydrogen-bond acceptors (Lipinski definition) is 3. The Morgan fingerprint density at radius 3 is 2.72 bits per heavy atom. The molecule has 2 heterocycles. The van der Waals surface area contributed by atoms with Crippen LogP contribution in [0.3, 0.4) is 0 Å². The molecule has 1 amide bonds. The third-order valence-electron chi connectivity index (χ3n) is 7.58. The lowest BCUT2D eigenvalue weighted by Crippen LogP contribution is -2.52. The Bertz CT molecular complexity index is 1080. The number of nitrogens with one attached hydrogen (secondary N) is 2. The Kier molecular flexibility index (Phi) is 3.68. The molecule has 0 saturated heterocycles. The van der Waals surface area contributed by atoms with Crippen molar-refractivity contribution in [1.82, 2.24) is 25.3 Å². The smallest absolute Gasteiger partial charge is 0.272 e. The second kappa shape index (κ2) is 6.18. The van der Waals surface area contributed by atoms with Crippen LogP contribution in [0.2, 0.25) is 0 Å². The van der Waals surface area contributed by atoms with Gasteiger partial charge in [-0.3, -0.25) is 14.6 Å². The van der Waals surface area contributed by atoms with Crippen LogP contribution in [0.1, 0.15) is 55.4 Å². The normalized spacial score (nSPS) is 30.6. The van der Waals surface area contributed by atoms with Crippen molar-refractivity contribution in [2.75, 3.05) is 0 Å². The lowest BCUT2D eigenvalue weighted by molar-refractivity contribution is 0.0712. The third kappa shape index (κ3) is 2.88. The number of fused-ring (bicyclic) bond motifs is 2. The number of aryl methyl sites for hydroxylation is 1. The molecule has 6 heteroatoms. The second-order valence-electron chi connectivity index (χ2n) is 9.72. The lowest BCUT2D eigenvalue weighted by atomic mass is 9.65. The van der Waals surface area contributed by atoms with E-state index in [1.165, 1.54) is 25.7 Å². The van der Waals surface area contributed by atoms with Crippen LogP contribution in [0.25, 0.3) is 22.0 Å². The van der Waals surface area contributed by atoms with Crippen molar-refractivity contribution in [3.63, 3.8) is 0 Å². The van der Waals surface area contributed by atoms with Crippen molar-refractivity contribution in [2.24, 2.45) is 24.8 Å². The third-order valence-corrected chi connectivity index (χ3v) is 7.58. The molecule has 7 rings (SSSR count). The van der Waals surface area contributed by atoms with Crippen LogP contribution in [0.4, 0.5) is 0 Å². The van der Waals surface area contributed by atoms with Gasteiger partial charge in [0.2, 0.25) is 0 Å². The van der Waals surface area contributed by atoms with E-state index in [4.69, 9.17) is 0 Å². The van der Waals surface area contributed by atoms with Gasteiger partial charge in [0.05, 0.1) is 11.7 Å².